The number of thioether (sulfide) groups is 1. The van der Waals surface area contributed by atoms with Crippen LogP contribution >= 0.6 is 11.8 Å². The number of anilines is 3. The van der Waals surface area contributed by atoms with Crippen LogP contribution in [0, 0.1) is 29.6 Å². The molecule has 13 heteroatoms. The number of aryl methyl sites for hydroxylation is 1. The minimum absolute atomic E-state index is 0.0390. The number of hydrogen-bond donors (Lipinski definition) is 3. The second-order valence-corrected chi connectivity index (χ2v) is 12.8. The number of carbonyl (C=O) groups excluding carboxylic acids is 1. The zero-order valence-corrected chi connectivity index (χ0v) is 25.4. The number of carbonyl (C=O) groups is 1. The molecule has 0 saturated heterocycles. The van der Waals surface area contributed by atoms with Gasteiger partial charge < -0.3 is 11.1 Å². The molecule has 218 valence electrons. The average Bonchev–Trinajstić information content (AvgIpc) is 2.97. The number of nitrogens with zero attached hydrogens (tertiary/aromatic N) is 5. The number of rotatable bonds is 9. The van der Waals surface area contributed by atoms with Gasteiger partial charge in [-0.1, -0.05) is 49.9 Å². The predicted octanol–water partition coefficient (Wildman–Crippen LogP) is 5.22. The molecular weight excluding hydrogens is 585 g/mol. The van der Waals surface area contributed by atoms with Gasteiger partial charge in [-0.3, -0.25) is 4.79 Å². The molecule has 0 spiro atoms. The number of nitrogens with two attached hydrogens (primary N) is 1. The van der Waals surface area contributed by atoms with Crippen molar-refractivity contribution in [2.45, 2.75) is 48.8 Å². The van der Waals surface area contributed by atoms with E-state index in [0.717, 1.165) is 17.3 Å². The third kappa shape index (κ3) is 7.09. The van der Waals surface area contributed by atoms with Gasteiger partial charge in [-0.15, -0.1) is 0 Å². The molecule has 2 aromatic carbocycles. The Balaban J connectivity index is 1.53. The largest absolute Gasteiger partial charge is 0.383 e. The fourth-order valence-corrected chi connectivity index (χ4v) is 5.93. The lowest BCUT2D eigenvalue weighted by Gasteiger charge is -2.16. The third-order valence-electron chi connectivity index (χ3n) is 6.39. The summed E-state index contributed by atoms with van der Waals surface area (Å²) in [5.41, 5.74) is 9.45. The molecule has 0 bridgehead atoms. The fourth-order valence-electron chi connectivity index (χ4n) is 4.07. The number of nitrogen functional groups attached to an aromatic ring is 1. The zero-order valence-electron chi connectivity index (χ0n) is 23.8. The lowest BCUT2D eigenvalue weighted by Crippen LogP contribution is -2.23. The summed E-state index contributed by atoms with van der Waals surface area (Å²) in [4.78, 5) is 25.3. The minimum Gasteiger partial charge on any atom is -0.383 e. The molecular formula is C30H28N8O3S2. The van der Waals surface area contributed by atoms with E-state index >= 15 is 0 Å². The van der Waals surface area contributed by atoms with Crippen molar-refractivity contribution in [2.24, 2.45) is 0 Å². The van der Waals surface area contributed by atoms with Crippen molar-refractivity contribution in [3.63, 3.8) is 0 Å². The van der Waals surface area contributed by atoms with Gasteiger partial charge in [0.15, 0.2) is 0 Å². The summed E-state index contributed by atoms with van der Waals surface area (Å²) in [6.07, 6.45) is 1.45. The summed E-state index contributed by atoms with van der Waals surface area (Å²) in [6.45, 7) is 7.49. The Kier molecular flexibility index (Phi) is 9.29. The van der Waals surface area contributed by atoms with Crippen LogP contribution in [0.5, 0.6) is 0 Å². The number of pyridine rings is 1. The van der Waals surface area contributed by atoms with Crippen LogP contribution < -0.4 is 15.8 Å². The van der Waals surface area contributed by atoms with Crippen molar-refractivity contribution >= 4 is 45.1 Å². The van der Waals surface area contributed by atoms with Crippen molar-refractivity contribution < 1.29 is 13.2 Å². The highest BCUT2D eigenvalue weighted by molar-refractivity contribution is 8.00. The first-order valence-corrected chi connectivity index (χ1v) is 15.4. The SMILES string of the molecule is Cc1ccnc(NS(=O)(=O)c2ccc(NC(=O)C(C)Sc3nc(N)c(C#N)c(-c4ccc(C(C)C)cc4)c3C#N)cc2)n1. The molecule has 43 heavy (non-hydrogen) atoms. The van der Waals surface area contributed by atoms with E-state index in [-0.39, 0.29) is 32.8 Å². The number of nitrogens with one attached hydrogen (secondary N) is 2. The lowest BCUT2D eigenvalue weighted by atomic mass is 9.94. The van der Waals surface area contributed by atoms with E-state index in [1.807, 2.05) is 24.3 Å². The van der Waals surface area contributed by atoms with Crippen LogP contribution in [0.1, 0.15) is 49.1 Å². The molecule has 1 amide bonds. The quantitative estimate of drug-likeness (QED) is 0.212. The Bertz CT molecular complexity index is 1860. The van der Waals surface area contributed by atoms with Gasteiger partial charge in [-0.25, -0.2) is 28.1 Å². The van der Waals surface area contributed by atoms with Gasteiger partial charge >= 0.3 is 0 Å². The Hall–Kier alpha value is -4.98. The summed E-state index contributed by atoms with van der Waals surface area (Å²) < 4.78 is 27.8. The van der Waals surface area contributed by atoms with Crippen LogP contribution in [0.3, 0.4) is 0 Å². The number of nitriles is 2. The van der Waals surface area contributed by atoms with Gasteiger partial charge in [-0.05, 0) is 61.2 Å². The molecule has 0 fully saturated rings. The number of hydrogen-bond acceptors (Lipinski definition) is 10. The fraction of sp³-hybridized carbons (Fsp3) is 0.200. The smallest absolute Gasteiger partial charge is 0.264 e. The summed E-state index contributed by atoms with van der Waals surface area (Å²) >= 11 is 1.03. The monoisotopic (exact) mass is 612 g/mol. The highest BCUT2D eigenvalue weighted by atomic mass is 32.2. The minimum atomic E-state index is -3.95. The standard InChI is InChI=1S/C30H28N8O3S2/c1-17(2)20-5-7-21(8-6-20)26-24(15-31)27(33)37-29(25(26)16-32)42-19(4)28(39)36-22-9-11-23(12-10-22)43(40,41)38-30-34-14-13-18(3)35-30/h5-14,17,19H,1-4H3,(H2,33,37)(H,36,39)(H,34,35,38). The summed E-state index contributed by atoms with van der Waals surface area (Å²) in [5.74, 6) is -0.199. The van der Waals surface area contributed by atoms with Crippen LogP contribution in [0.4, 0.5) is 17.5 Å². The molecule has 4 N–H and O–H groups in total. The number of benzene rings is 2. The molecule has 1 unspecified atom stereocenters. The first-order chi connectivity index (χ1) is 20.4. The average molecular weight is 613 g/mol. The molecule has 0 aliphatic rings. The molecule has 4 aromatic rings. The molecule has 1 atom stereocenters. The van der Waals surface area contributed by atoms with Crippen molar-refractivity contribution in [3.8, 4) is 23.3 Å². The van der Waals surface area contributed by atoms with Crippen LogP contribution in [0.15, 0.2) is 70.7 Å². The van der Waals surface area contributed by atoms with Crippen molar-refractivity contribution in [1.29, 1.82) is 10.5 Å². The van der Waals surface area contributed by atoms with Gasteiger partial charge in [0.1, 0.15) is 28.5 Å². The van der Waals surface area contributed by atoms with Crippen LogP contribution in [-0.4, -0.2) is 34.5 Å². The second-order valence-electron chi connectivity index (χ2n) is 9.83. The van der Waals surface area contributed by atoms with E-state index in [0.29, 0.717) is 28.4 Å². The zero-order chi connectivity index (χ0) is 31.3. The van der Waals surface area contributed by atoms with E-state index in [4.69, 9.17) is 5.73 Å². The Morgan fingerprint density at radius 1 is 0.953 bits per heavy atom. The van der Waals surface area contributed by atoms with Gasteiger partial charge in [0.25, 0.3) is 10.0 Å². The van der Waals surface area contributed by atoms with Crippen LogP contribution in [0.25, 0.3) is 11.1 Å². The third-order valence-corrected chi connectivity index (χ3v) is 8.82. The lowest BCUT2D eigenvalue weighted by molar-refractivity contribution is -0.115. The molecule has 0 aliphatic carbocycles. The highest BCUT2D eigenvalue weighted by Gasteiger charge is 2.24. The van der Waals surface area contributed by atoms with E-state index in [1.54, 1.807) is 19.9 Å². The van der Waals surface area contributed by atoms with Crippen LogP contribution in [0.2, 0.25) is 0 Å². The molecule has 0 saturated carbocycles. The summed E-state index contributed by atoms with van der Waals surface area (Å²) in [7, 11) is -3.95. The second kappa shape index (κ2) is 12.9. The normalized spacial score (nSPS) is 11.8. The van der Waals surface area contributed by atoms with Gasteiger partial charge in [-0.2, -0.15) is 10.5 Å². The Labute approximate surface area is 254 Å². The first kappa shape index (κ1) is 31.0. The van der Waals surface area contributed by atoms with E-state index in [9.17, 15) is 23.7 Å². The maximum atomic E-state index is 13.1. The van der Waals surface area contributed by atoms with Gasteiger partial charge in [0.2, 0.25) is 11.9 Å². The molecule has 0 aliphatic heterocycles. The van der Waals surface area contributed by atoms with Crippen LogP contribution in [-0.2, 0) is 14.8 Å². The summed E-state index contributed by atoms with van der Waals surface area (Å²) in [6, 6.07) is 19.0. The first-order valence-electron chi connectivity index (χ1n) is 13.1. The topological polar surface area (TPSA) is 188 Å². The highest BCUT2D eigenvalue weighted by Crippen LogP contribution is 2.37. The Morgan fingerprint density at radius 2 is 1.60 bits per heavy atom. The van der Waals surface area contributed by atoms with Gasteiger partial charge in [0.05, 0.1) is 15.7 Å². The van der Waals surface area contributed by atoms with E-state index < -0.39 is 21.2 Å². The summed E-state index contributed by atoms with van der Waals surface area (Å²) in [5, 5.41) is 22.1. The van der Waals surface area contributed by atoms with Crippen molar-refractivity contribution in [1.82, 2.24) is 15.0 Å². The number of sulfonamides is 1. The molecule has 2 aromatic heterocycles. The number of amides is 1. The molecule has 4 rings (SSSR count). The van der Waals surface area contributed by atoms with Crippen molar-refractivity contribution in [3.05, 3.63) is 83.2 Å². The van der Waals surface area contributed by atoms with E-state index in [1.165, 1.54) is 30.5 Å². The number of aromatic nitrogens is 3. The Morgan fingerprint density at radius 3 is 2.19 bits per heavy atom. The maximum absolute atomic E-state index is 13.1. The predicted molar refractivity (Wildman–Crippen MR) is 166 cm³/mol. The molecule has 11 nitrogen and oxygen atoms in total. The van der Waals surface area contributed by atoms with Crippen molar-refractivity contribution in [2.75, 3.05) is 15.8 Å². The molecule has 2 heterocycles. The molecule has 0 radical (unpaired) electrons. The maximum Gasteiger partial charge on any atom is 0.264 e. The van der Waals surface area contributed by atoms with Gasteiger partial charge in [0, 0.05) is 23.1 Å². The van der Waals surface area contributed by atoms with E-state index in [2.05, 4.69) is 51.0 Å².